The molecule has 5 nitrogen and oxygen atoms in total. The first kappa shape index (κ1) is 20.4. The summed E-state index contributed by atoms with van der Waals surface area (Å²) >= 11 is 2.06. The number of fused-ring (bicyclic) bond motifs is 1. The number of guanidine groups is 1. The minimum Gasteiger partial charge on any atom is -0.357 e. The summed E-state index contributed by atoms with van der Waals surface area (Å²) in [5.74, 6) is 2.14. The quantitative estimate of drug-likeness (QED) is 0.396. The summed E-state index contributed by atoms with van der Waals surface area (Å²) in [6.45, 7) is 8.91. The Hall–Kier alpha value is -0.960. The van der Waals surface area contributed by atoms with Crippen LogP contribution in [0.2, 0.25) is 0 Å². The molecule has 0 bridgehead atoms. The lowest BCUT2D eigenvalue weighted by Crippen LogP contribution is -2.43. The highest BCUT2D eigenvalue weighted by Gasteiger charge is 2.29. The first-order chi connectivity index (χ1) is 11.6. The van der Waals surface area contributed by atoms with Crippen LogP contribution in [0.25, 0.3) is 5.65 Å². The molecule has 1 fully saturated rings. The maximum Gasteiger partial charge on any atom is 0.191 e. The zero-order valence-electron chi connectivity index (χ0n) is 15.2. The SMILES string of the molecule is CCNC(=NCc1cn2ccc(C)cc2n1)NCC1(C)CCCS1.I. The molecule has 0 aromatic carbocycles. The maximum atomic E-state index is 4.70. The third kappa shape index (κ3) is 5.51. The van der Waals surface area contributed by atoms with Crippen LogP contribution in [0.1, 0.15) is 37.9 Å². The van der Waals surface area contributed by atoms with Gasteiger partial charge in [-0.25, -0.2) is 9.98 Å². The molecule has 2 N–H and O–H groups in total. The van der Waals surface area contributed by atoms with Gasteiger partial charge in [-0.1, -0.05) is 0 Å². The smallest absolute Gasteiger partial charge is 0.191 e. The number of pyridine rings is 1. The van der Waals surface area contributed by atoms with E-state index in [2.05, 4.69) is 70.9 Å². The van der Waals surface area contributed by atoms with Crippen molar-refractivity contribution in [1.29, 1.82) is 0 Å². The van der Waals surface area contributed by atoms with Crippen LogP contribution in [0.5, 0.6) is 0 Å². The van der Waals surface area contributed by atoms with Gasteiger partial charge in [0.15, 0.2) is 5.96 Å². The molecular formula is C18H28IN5S. The van der Waals surface area contributed by atoms with Gasteiger partial charge in [0.25, 0.3) is 0 Å². The van der Waals surface area contributed by atoms with E-state index in [1.54, 1.807) is 0 Å². The number of hydrogen-bond acceptors (Lipinski definition) is 3. The molecule has 0 amide bonds. The molecule has 0 aliphatic carbocycles. The van der Waals surface area contributed by atoms with E-state index in [1.807, 2.05) is 6.20 Å². The number of aromatic nitrogens is 2. The number of nitrogens with zero attached hydrogens (tertiary/aromatic N) is 3. The topological polar surface area (TPSA) is 53.7 Å². The second kappa shape index (κ2) is 9.12. The average Bonchev–Trinajstić information content (AvgIpc) is 3.16. The third-order valence-electron chi connectivity index (χ3n) is 4.34. The van der Waals surface area contributed by atoms with Crippen LogP contribution < -0.4 is 10.6 Å². The predicted octanol–water partition coefficient (Wildman–Crippen LogP) is 3.60. The van der Waals surface area contributed by atoms with Crippen molar-refractivity contribution in [2.75, 3.05) is 18.8 Å². The Morgan fingerprint density at radius 3 is 3.00 bits per heavy atom. The highest BCUT2D eigenvalue weighted by Crippen LogP contribution is 2.36. The third-order valence-corrected chi connectivity index (χ3v) is 5.88. The largest absolute Gasteiger partial charge is 0.357 e. The van der Waals surface area contributed by atoms with Crippen molar-refractivity contribution in [3.63, 3.8) is 0 Å². The molecule has 7 heteroatoms. The lowest BCUT2D eigenvalue weighted by molar-refractivity contribution is 0.584. The second-order valence-corrected chi connectivity index (χ2v) is 8.33. The zero-order valence-corrected chi connectivity index (χ0v) is 18.4. The van der Waals surface area contributed by atoms with Crippen molar-refractivity contribution in [1.82, 2.24) is 20.0 Å². The van der Waals surface area contributed by atoms with Gasteiger partial charge in [-0.05, 0) is 57.1 Å². The Morgan fingerprint density at radius 1 is 1.44 bits per heavy atom. The van der Waals surface area contributed by atoms with E-state index in [1.165, 1.54) is 24.2 Å². The highest BCUT2D eigenvalue weighted by molar-refractivity contribution is 14.0. The number of aliphatic imine (C=N–C) groups is 1. The van der Waals surface area contributed by atoms with Crippen LogP contribution in [0.4, 0.5) is 0 Å². The Balaban J connectivity index is 0.00000225. The van der Waals surface area contributed by atoms with E-state index < -0.39 is 0 Å². The van der Waals surface area contributed by atoms with Crippen LogP contribution in [0.15, 0.2) is 29.5 Å². The van der Waals surface area contributed by atoms with Gasteiger partial charge in [0.05, 0.1) is 12.2 Å². The van der Waals surface area contributed by atoms with Crippen molar-refractivity contribution >= 4 is 47.3 Å². The van der Waals surface area contributed by atoms with E-state index in [0.717, 1.165) is 30.4 Å². The Morgan fingerprint density at radius 2 is 2.28 bits per heavy atom. The van der Waals surface area contributed by atoms with Crippen molar-refractivity contribution in [3.05, 3.63) is 35.8 Å². The summed E-state index contributed by atoms with van der Waals surface area (Å²) < 4.78 is 2.38. The molecule has 1 unspecified atom stereocenters. The maximum absolute atomic E-state index is 4.70. The van der Waals surface area contributed by atoms with Crippen LogP contribution in [-0.2, 0) is 6.54 Å². The summed E-state index contributed by atoms with van der Waals surface area (Å²) in [4.78, 5) is 9.36. The fourth-order valence-corrected chi connectivity index (χ4v) is 4.21. The van der Waals surface area contributed by atoms with Crippen LogP contribution in [0.3, 0.4) is 0 Å². The van der Waals surface area contributed by atoms with Gasteiger partial charge in [0.1, 0.15) is 5.65 Å². The Kier molecular flexibility index (Phi) is 7.42. The number of rotatable bonds is 5. The number of imidazole rings is 1. The molecule has 1 aliphatic heterocycles. The lowest BCUT2D eigenvalue weighted by Gasteiger charge is -2.24. The van der Waals surface area contributed by atoms with Crippen LogP contribution >= 0.6 is 35.7 Å². The molecule has 1 atom stereocenters. The van der Waals surface area contributed by atoms with Crippen molar-refractivity contribution in [3.8, 4) is 0 Å². The highest BCUT2D eigenvalue weighted by atomic mass is 127. The summed E-state index contributed by atoms with van der Waals surface area (Å²) in [6, 6.07) is 4.18. The van der Waals surface area contributed by atoms with E-state index in [0.29, 0.717) is 11.3 Å². The molecule has 1 saturated heterocycles. The van der Waals surface area contributed by atoms with Gasteiger partial charge >= 0.3 is 0 Å². The minimum atomic E-state index is 0. The second-order valence-electron chi connectivity index (χ2n) is 6.65. The monoisotopic (exact) mass is 473 g/mol. The molecule has 2 aromatic rings. The van der Waals surface area contributed by atoms with E-state index in [-0.39, 0.29) is 24.0 Å². The van der Waals surface area contributed by atoms with Gasteiger partial charge in [-0.15, -0.1) is 24.0 Å². The van der Waals surface area contributed by atoms with Crippen molar-refractivity contribution < 1.29 is 0 Å². The Bertz CT molecular complexity index is 721. The summed E-state index contributed by atoms with van der Waals surface area (Å²) in [6.07, 6.45) is 6.69. The van der Waals surface area contributed by atoms with E-state index >= 15 is 0 Å². The first-order valence-electron chi connectivity index (χ1n) is 8.68. The summed E-state index contributed by atoms with van der Waals surface area (Å²) in [7, 11) is 0. The number of halogens is 1. The molecule has 25 heavy (non-hydrogen) atoms. The number of nitrogens with one attached hydrogen (secondary N) is 2. The molecule has 0 spiro atoms. The number of hydrogen-bond donors (Lipinski definition) is 2. The number of aryl methyl sites for hydroxylation is 1. The number of thioether (sulfide) groups is 1. The summed E-state index contributed by atoms with van der Waals surface area (Å²) in [5.41, 5.74) is 3.19. The minimum absolute atomic E-state index is 0. The standard InChI is InChI=1S/C18H27N5S.HI/c1-4-19-17(21-13-18(3)7-5-9-24-18)20-11-15-12-23-8-6-14(2)10-16(23)22-15;/h6,8,10,12H,4-5,7,9,11,13H2,1-3H3,(H2,19,20,21);1H. The van der Waals surface area contributed by atoms with Gasteiger partial charge in [0.2, 0.25) is 0 Å². The van der Waals surface area contributed by atoms with E-state index in [4.69, 9.17) is 4.99 Å². The normalized spacial score (nSPS) is 20.5. The summed E-state index contributed by atoms with van der Waals surface area (Å²) in [5, 5.41) is 6.83. The molecule has 3 heterocycles. The van der Waals surface area contributed by atoms with Crippen molar-refractivity contribution in [2.24, 2.45) is 4.99 Å². The zero-order chi connectivity index (χ0) is 17.0. The fourth-order valence-electron chi connectivity index (χ4n) is 2.96. The van der Waals surface area contributed by atoms with Gasteiger partial charge < -0.3 is 15.0 Å². The van der Waals surface area contributed by atoms with Gasteiger partial charge in [-0.3, -0.25) is 0 Å². The van der Waals surface area contributed by atoms with Crippen LogP contribution in [-0.4, -0.2) is 38.9 Å². The lowest BCUT2D eigenvalue weighted by atomic mass is 10.1. The van der Waals surface area contributed by atoms with Gasteiger partial charge in [-0.2, -0.15) is 11.8 Å². The fraction of sp³-hybridized carbons (Fsp3) is 0.556. The molecule has 2 aromatic heterocycles. The molecule has 3 rings (SSSR count). The molecule has 0 radical (unpaired) electrons. The molecular weight excluding hydrogens is 445 g/mol. The first-order valence-corrected chi connectivity index (χ1v) is 9.67. The van der Waals surface area contributed by atoms with Gasteiger partial charge in [0, 0.05) is 30.2 Å². The molecule has 0 saturated carbocycles. The molecule has 138 valence electrons. The average molecular weight is 473 g/mol. The Labute approximate surface area is 171 Å². The molecule has 1 aliphatic rings. The van der Waals surface area contributed by atoms with E-state index in [9.17, 15) is 0 Å². The van der Waals surface area contributed by atoms with Crippen molar-refractivity contribution in [2.45, 2.75) is 44.9 Å². The van der Waals surface area contributed by atoms with Crippen LogP contribution in [0, 0.1) is 6.92 Å². The predicted molar refractivity (Wildman–Crippen MR) is 118 cm³/mol.